The summed E-state index contributed by atoms with van der Waals surface area (Å²) in [5.41, 5.74) is -0.326. The molecule has 8 heteroatoms. The van der Waals surface area contributed by atoms with E-state index in [0.717, 1.165) is 44.2 Å². The topological polar surface area (TPSA) is 81.8 Å². The Kier molecular flexibility index (Phi) is 7.92. The van der Waals surface area contributed by atoms with Gasteiger partial charge < -0.3 is 15.5 Å². The van der Waals surface area contributed by atoms with Gasteiger partial charge in [0.05, 0.1) is 10.8 Å². The number of likely N-dealkylation sites (tertiary alicyclic amines) is 2. The highest BCUT2D eigenvalue weighted by molar-refractivity contribution is 5.94. The Hall–Kier alpha value is -2.48. The number of nitrogens with one attached hydrogen (secondary N) is 2. The Bertz CT molecular complexity index is 1230. The summed E-state index contributed by atoms with van der Waals surface area (Å²) >= 11 is 0. The van der Waals surface area contributed by atoms with Crippen LogP contribution in [0.5, 0.6) is 0 Å². The van der Waals surface area contributed by atoms with Crippen molar-refractivity contribution in [3.63, 3.8) is 0 Å². The fourth-order valence-corrected chi connectivity index (χ4v) is 9.40. The first-order chi connectivity index (χ1) is 20.4. The molecule has 43 heavy (non-hydrogen) atoms. The summed E-state index contributed by atoms with van der Waals surface area (Å²) in [6, 6.07) is 6.19. The third-order valence-electron chi connectivity index (χ3n) is 11.6. The summed E-state index contributed by atoms with van der Waals surface area (Å²) in [6.07, 6.45) is 8.17. The minimum atomic E-state index is -0.717. The third-order valence-corrected chi connectivity index (χ3v) is 11.6. The van der Waals surface area contributed by atoms with Crippen molar-refractivity contribution in [2.75, 3.05) is 19.6 Å². The van der Waals surface area contributed by atoms with Gasteiger partial charge in [-0.05, 0) is 102 Å². The Morgan fingerprint density at radius 2 is 1.65 bits per heavy atom. The molecule has 236 valence electrons. The molecule has 7 nitrogen and oxygen atoms in total. The molecule has 0 radical (unpaired) electrons. The van der Waals surface area contributed by atoms with Crippen molar-refractivity contribution in [2.24, 2.45) is 28.6 Å². The zero-order valence-electron chi connectivity index (χ0n) is 26.8. The Morgan fingerprint density at radius 3 is 2.26 bits per heavy atom. The number of carbonyl (C=O) groups excluding carboxylic acids is 3. The predicted molar refractivity (Wildman–Crippen MR) is 164 cm³/mol. The zero-order chi connectivity index (χ0) is 30.7. The SMILES string of the molecule is CC(C)N1C[C@@H]2C[C@@]3(C(=O)N[C@H](Cc4ccc(F)cc4)C(=O)N4CCC(C(=O)NC(C)(C)C)(C5CCCCC5)CC4)C2[C@@H]13. The van der Waals surface area contributed by atoms with E-state index in [1.54, 1.807) is 12.1 Å². The molecule has 0 aromatic heterocycles. The van der Waals surface area contributed by atoms with E-state index in [0.29, 0.717) is 56.1 Å². The summed E-state index contributed by atoms with van der Waals surface area (Å²) < 4.78 is 13.7. The molecule has 2 saturated heterocycles. The van der Waals surface area contributed by atoms with Gasteiger partial charge in [-0.1, -0.05) is 31.4 Å². The van der Waals surface area contributed by atoms with Crippen LogP contribution in [0.4, 0.5) is 4.39 Å². The van der Waals surface area contributed by atoms with Crippen LogP contribution in [0.15, 0.2) is 24.3 Å². The van der Waals surface area contributed by atoms with Gasteiger partial charge in [-0.25, -0.2) is 4.39 Å². The summed E-state index contributed by atoms with van der Waals surface area (Å²) in [5.74, 6) is 1.04. The van der Waals surface area contributed by atoms with Crippen molar-refractivity contribution >= 4 is 17.7 Å². The summed E-state index contributed by atoms with van der Waals surface area (Å²) in [7, 11) is 0. The number of fused-ring (bicyclic) bond motifs is 1. The first-order valence-electron chi connectivity index (χ1n) is 16.8. The molecule has 2 aliphatic heterocycles. The number of piperidine rings is 3. The molecular weight excluding hydrogens is 543 g/mol. The van der Waals surface area contributed by atoms with E-state index < -0.39 is 11.5 Å². The quantitative estimate of drug-likeness (QED) is 0.458. The Balaban J connectivity index is 1.18. The van der Waals surface area contributed by atoms with E-state index in [-0.39, 0.29) is 40.5 Å². The highest BCUT2D eigenvalue weighted by Crippen LogP contribution is 2.76. The van der Waals surface area contributed by atoms with Crippen molar-refractivity contribution < 1.29 is 18.8 Å². The smallest absolute Gasteiger partial charge is 0.245 e. The number of hydrogen-bond acceptors (Lipinski definition) is 4. The fraction of sp³-hybridized carbons (Fsp3) is 0.743. The highest BCUT2D eigenvalue weighted by Gasteiger charge is 2.84. The van der Waals surface area contributed by atoms with Crippen LogP contribution in [0.3, 0.4) is 0 Å². The maximum atomic E-state index is 14.2. The molecular formula is C35H51FN4O3. The lowest BCUT2D eigenvalue weighted by molar-refractivity contribution is -0.148. The fourth-order valence-electron chi connectivity index (χ4n) is 9.40. The minimum Gasteiger partial charge on any atom is -0.351 e. The van der Waals surface area contributed by atoms with Gasteiger partial charge in [0.15, 0.2) is 0 Å². The van der Waals surface area contributed by atoms with Crippen LogP contribution in [0, 0.1) is 34.4 Å². The molecule has 1 unspecified atom stereocenters. The zero-order valence-corrected chi connectivity index (χ0v) is 26.8. The third kappa shape index (κ3) is 5.40. The molecule has 2 heterocycles. The molecule has 5 fully saturated rings. The summed E-state index contributed by atoms with van der Waals surface area (Å²) in [5, 5.41) is 6.50. The largest absolute Gasteiger partial charge is 0.351 e. The highest BCUT2D eigenvalue weighted by atomic mass is 19.1. The second-order valence-corrected chi connectivity index (χ2v) is 15.6. The number of rotatable bonds is 8. The molecule has 3 amide bonds. The Morgan fingerprint density at radius 1 is 1.00 bits per heavy atom. The monoisotopic (exact) mass is 594 g/mol. The van der Waals surface area contributed by atoms with E-state index in [2.05, 4.69) is 29.4 Å². The van der Waals surface area contributed by atoms with Crippen molar-refractivity contribution in [3.05, 3.63) is 35.6 Å². The molecule has 3 saturated carbocycles. The maximum Gasteiger partial charge on any atom is 0.245 e. The van der Waals surface area contributed by atoms with Gasteiger partial charge in [0.1, 0.15) is 11.9 Å². The summed E-state index contributed by atoms with van der Waals surface area (Å²) in [4.78, 5) is 46.3. The standard InChI is InChI=1S/C35H51FN4O3/c1-22(2)40-21-24-20-35(28(24)29(35)40)32(43)37-27(19-23-11-13-26(36)14-12-23)30(41)39-17-15-34(16-18-39,25-9-7-6-8-10-25)31(42)38-33(3,4)5/h11-14,22,24-25,27-29H,6-10,15-21H2,1-5H3,(H,37,43)(H,38,42)/t24-,27+,28?,29+,35+/m0/s1. The lowest BCUT2D eigenvalue weighted by atomic mass is 9.63. The van der Waals surface area contributed by atoms with Crippen molar-refractivity contribution in [3.8, 4) is 0 Å². The van der Waals surface area contributed by atoms with Gasteiger partial charge in [0.25, 0.3) is 0 Å². The van der Waals surface area contributed by atoms with Crippen LogP contribution in [0.25, 0.3) is 0 Å². The molecule has 5 atom stereocenters. The van der Waals surface area contributed by atoms with Crippen molar-refractivity contribution in [1.82, 2.24) is 20.4 Å². The molecule has 3 aliphatic carbocycles. The van der Waals surface area contributed by atoms with E-state index in [4.69, 9.17) is 0 Å². The number of hydrogen-bond donors (Lipinski definition) is 2. The van der Waals surface area contributed by atoms with Crippen molar-refractivity contribution in [2.45, 2.75) is 116 Å². The molecule has 1 aromatic rings. The van der Waals surface area contributed by atoms with Gasteiger partial charge in [-0.15, -0.1) is 0 Å². The van der Waals surface area contributed by atoms with Gasteiger partial charge in [-0.3, -0.25) is 19.3 Å². The Labute approximate surface area is 256 Å². The van der Waals surface area contributed by atoms with E-state index in [9.17, 15) is 18.8 Å². The van der Waals surface area contributed by atoms with Crippen LogP contribution in [-0.2, 0) is 20.8 Å². The number of amides is 3. The van der Waals surface area contributed by atoms with E-state index >= 15 is 0 Å². The van der Waals surface area contributed by atoms with Crippen molar-refractivity contribution in [1.29, 1.82) is 0 Å². The first-order valence-corrected chi connectivity index (χ1v) is 16.8. The molecule has 0 bridgehead atoms. The van der Waals surface area contributed by atoms with E-state index in [1.807, 2.05) is 25.7 Å². The molecule has 1 aromatic carbocycles. The number of halogens is 1. The lowest BCUT2D eigenvalue weighted by Gasteiger charge is -2.48. The average molecular weight is 595 g/mol. The number of nitrogens with zero attached hydrogens (tertiary/aromatic N) is 2. The number of carbonyl (C=O) groups is 3. The van der Waals surface area contributed by atoms with Gasteiger partial charge in [0.2, 0.25) is 17.7 Å². The van der Waals surface area contributed by atoms with Crippen LogP contribution in [-0.4, -0.2) is 70.8 Å². The van der Waals surface area contributed by atoms with Crippen LogP contribution >= 0.6 is 0 Å². The van der Waals surface area contributed by atoms with Crippen LogP contribution in [0.1, 0.15) is 91.5 Å². The summed E-state index contributed by atoms with van der Waals surface area (Å²) in [6.45, 7) is 12.5. The average Bonchev–Trinajstić information content (AvgIpc) is 3.36. The van der Waals surface area contributed by atoms with Crippen LogP contribution in [0.2, 0.25) is 0 Å². The van der Waals surface area contributed by atoms with E-state index in [1.165, 1.54) is 18.6 Å². The normalized spacial score (nSPS) is 30.8. The molecule has 5 aliphatic rings. The molecule has 2 N–H and O–H groups in total. The molecule has 0 spiro atoms. The van der Waals surface area contributed by atoms with Gasteiger partial charge in [-0.2, -0.15) is 0 Å². The predicted octanol–water partition coefficient (Wildman–Crippen LogP) is 4.69. The first kappa shape index (κ1) is 30.5. The maximum absolute atomic E-state index is 14.2. The second-order valence-electron chi connectivity index (χ2n) is 15.6. The molecule has 6 rings (SSSR count). The van der Waals surface area contributed by atoms with Gasteiger partial charge in [0, 0.05) is 43.7 Å². The van der Waals surface area contributed by atoms with Crippen LogP contribution < -0.4 is 10.6 Å². The second kappa shape index (κ2) is 11.1. The minimum absolute atomic E-state index is 0.00248. The van der Waals surface area contributed by atoms with Gasteiger partial charge >= 0.3 is 0 Å². The number of benzene rings is 1. The lowest BCUT2D eigenvalue weighted by Crippen LogP contribution is -2.60.